The molecule has 5 nitrogen and oxygen atoms in total. The lowest BCUT2D eigenvalue weighted by atomic mass is 10.1. The van der Waals surface area contributed by atoms with Crippen LogP contribution in [0.1, 0.15) is 5.56 Å². The van der Waals surface area contributed by atoms with E-state index in [-0.39, 0.29) is 12.5 Å². The molecular weight excluding hydrogens is 286 g/mol. The van der Waals surface area contributed by atoms with Gasteiger partial charge in [-0.1, -0.05) is 15.9 Å². The molecule has 0 saturated carbocycles. The fraction of sp³-hybridized carbons (Fsp3) is 0.455. The Morgan fingerprint density at radius 1 is 1.24 bits per heavy atom. The van der Waals surface area contributed by atoms with Gasteiger partial charge in [-0.3, -0.25) is 0 Å². The second-order valence-electron chi connectivity index (χ2n) is 3.79. The third-order valence-electron chi connectivity index (χ3n) is 2.77. The number of anilines is 2. The summed E-state index contributed by atoms with van der Waals surface area (Å²) in [5.74, 6) is 0. The summed E-state index contributed by atoms with van der Waals surface area (Å²) >= 11 is 3.46. The summed E-state index contributed by atoms with van der Waals surface area (Å²) < 4.78 is 11.6. The summed E-state index contributed by atoms with van der Waals surface area (Å²) in [4.78, 5) is 0. The first-order chi connectivity index (χ1) is 8.19. The van der Waals surface area contributed by atoms with E-state index in [1.54, 1.807) is 14.2 Å². The van der Waals surface area contributed by atoms with Gasteiger partial charge in [0.1, 0.15) is 0 Å². The summed E-state index contributed by atoms with van der Waals surface area (Å²) in [7, 11) is 3.27. The SMILES string of the molecule is COC1Nc2cc(Br)cc(CN)c2NC1OC. The molecule has 1 aliphatic heterocycles. The number of methoxy groups -OCH3 is 2. The Bertz CT molecular complexity index is 414. The Kier molecular flexibility index (Phi) is 3.88. The maximum absolute atomic E-state index is 5.74. The minimum atomic E-state index is -0.237. The molecule has 2 unspecified atom stereocenters. The molecule has 94 valence electrons. The zero-order chi connectivity index (χ0) is 12.4. The largest absolute Gasteiger partial charge is 0.357 e. The summed E-state index contributed by atoms with van der Waals surface area (Å²) in [6.07, 6.45) is -0.466. The first-order valence-corrected chi connectivity index (χ1v) is 6.10. The van der Waals surface area contributed by atoms with E-state index in [0.717, 1.165) is 21.4 Å². The molecule has 6 heteroatoms. The lowest BCUT2D eigenvalue weighted by Crippen LogP contribution is -2.45. The molecule has 1 heterocycles. The highest BCUT2D eigenvalue weighted by molar-refractivity contribution is 9.10. The summed E-state index contributed by atoms with van der Waals surface area (Å²) in [5.41, 5.74) is 8.69. The second kappa shape index (κ2) is 5.22. The Hall–Kier alpha value is -0.820. The number of ether oxygens (including phenoxy) is 2. The van der Waals surface area contributed by atoms with Crippen LogP contribution in [0.4, 0.5) is 11.4 Å². The van der Waals surface area contributed by atoms with Crippen LogP contribution >= 0.6 is 15.9 Å². The van der Waals surface area contributed by atoms with Crippen molar-refractivity contribution in [3.8, 4) is 0 Å². The van der Waals surface area contributed by atoms with Gasteiger partial charge in [0.2, 0.25) is 0 Å². The molecule has 17 heavy (non-hydrogen) atoms. The van der Waals surface area contributed by atoms with Crippen molar-refractivity contribution >= 4 is 27.3 Å². The average molecular weight is 302 g/mol. The monoisotopic (exact) mass is 301 g/mol. The van der Waals surface area contributed by atoms with Crippen molar-refractivity contribution < 1.29 is 9.47 Å². The van der Waals surface area contributed by atoms with E-state index in [9.17, 15) is 0 Å². The molecule has 0 saturated heterocycles. The van der Waals surface area contributed by atoms with Crippen LogP contribution in [0.15, 0.2) is 16.6 Å². The standard InChI is InChI=1S/C11H16BrN3O2/c1-16-10-11(17-2)15-9-6(5-13)3-7(12)4-8(9)14-10/h3-4,10-11,14-15H,5,13H2,1-2H3. The highest BCUT2D eigenvalue weighted by atomic mass is 79.9. The predicted octanol–water partition coefficient (Wildman–Crippen LogP) is 1.69. The quantitative estimate of drug-likeness (QED) is 0.793. The van der Waals surface area contributed by atoms with E-state index in [2.05, 4.69) is 26.6 Å². The number of halogens is 1. The van der Waals surface area contributed by atoms with Gasteiger partial charge in [0, 0.05) is 25.2 Å². The Morgan fingerprint density at radius 3 is 2.47 bits per heavy atom. The van der Waals surface area contributed by atoms with E-state index in [1.807, 2.05) is 12.1 Å². The third kappa shape index (κ3) is 2.40. The van der Waals surface area contributed by atoms with E-state index in [0.29, 0.717) is 6.54 Å². The second-order valence-corrected chi connectivity index (χ2v) is 4.71. The maximum atomic E-state index is 5.74. The number of nitrogens with two attached hydrogens (primary N) is 1. The normalized spacial score (nSPS) is 22.6. The molecule has 1 aromatic rings. The van der Waals surface area contributed by atoms with Crippen LogP contribution in [0, 0.1) is 0 Å². The number of hydrogen-bond acceptors (Lipinski definition) is 5. The van der Waals surface area contributed by atoms with Crippen LogP contribution in [0.3, 0.4) is 0 Å². The van der Waals surface area contributed by atoms with Gasteiger partial charge in [0.05, 0.1) is 11.4 Å². The van der Waals surface area contributed by atoms with Crippen molar-refractivity contribution in [3.05, 3.63) is 22.2 Å². The van der Waals surface area contributed by atoms with E-state index < -0.39 is 0 Å². The van der Waals surface area contributed by atoms with Gasteiger partial charge in [-0.05, 0) is 17.7 Å². The Labute approximate surface area is 109 Å². The van der Waals surface area contributed by atoms with Crippen LogP contribution in [-0.2, 0) is 16.0 Å². The third-order valence-corrected chi connectivity index (χ3v) is 3.23. The highest BCUT2D eigenvalue weighted by Gasteiger charge is 2.28. The Morgan fingerprint density at radius 2 is 1.88 bits per heavy atom. The molecule has 0 radical (unpaired) electrons. The van der Waals surface area contributed by atoms with Gasteiger partial charge in [-0.15, -0.1) is 0 Å². The van der Waals surface area contributed by atoms with Gasteiger partial charge >= 0.3 is 0 Å². The molecular formula is C11H16BrN3O2. The molecule has 0 aliphatic carbocycles. The van der Waals surface area contributed by atoms with Crippen LogP contribution in [0.5, 0.6) is 0 Å². The lowest BCUT2D eigenvalue weighted by Gasteiger charge is -2.35. The molecule has 2 atom stereocenters. The smallest absolute Gasteiger partial charge is 0.172 e. The number of rotatable bonds is 3. The Balaban J connectivity index is 2.40. The number of nitrogens with one attached hydrogen (secondary N) is 2. The van der Waals surface area contributed by atoms with Crippen molar-refractivity contribution in [1.29, 1.82) is 0 Å². The van der Waals surface area contributed by atoms with Crippen LogP contribution in [-0.4, -0.2) is 26.7 Å². The first kappa shape index (κ1) is 12.6. The van der Waals surface area contributed by atoms with Crippen molar-refractivity contribution in [1.82, 2.24) is 0 Å². The topological polar surface area (TPSA) is 68.5 Å². The summed E-state index contributed by atoms with van der Waals surface area (Å²) in [6, 6.07) is 3.98. The molecule has 0 amide bonds. The summed E-state index contributed by atoms with van der Waals surface area (Å²) in [6.45, 7) is 0.463. The first-order valence-electron chi connectivity index (χ1n) is 5.30. The van der Waals surface area contributed by atoms with Crippen molar-refractivity contribution in [2.75, 3.05) is 24.9 Å². The average Bonchev–Trinajstić information content (AvgIpc) is 2.35. The lowest BCUT2D eigenvalue weighted by molar-refractivity contribution is -0.00803. The van der Waals surface area contributed by atoms with Gasteiger partial charge in [0.25, 0.3) is 0 Å². The fourth-order valence-electron chi connectivity index (χ4n) is 1.92. The number of fused-ring (bicyclic) bond motifs is 1. The van der Waals surface area contributed by atoms with E-state index in [1.165, 1.54) is 0 Å². The molecule has 1 aliphatic rings. The molecule has 0 fully saturated rings. The summed E-state index contributed by atoms with van der Waals surface area (Å²) in [5, 5.41) is 6.55. The molecule has 2 rings (SSSR count). The number of benzene rings is 1. The van der Waals surface area contributed by atoms with E-state index >= 15 is 0 Å². The van der Waals surface area contributed by atoms with Gasteiger partial charge < -0.3 is 25.8 Å². The molecule has 0 spiro atoms. The van der Waals surface area contributed by atoms with Gasteiger partial charge in [-0.2, -0.15) is 0 Å². The predicted molar refractivity (Wildman–Crippen MR) is 70.9 cm³/mol. The van der Waals surface area contributed by atoms with Crippen molar-refractivity contribution in [2.24, 2.45) is 5.73 Å². The number of hydrogen-bond donors (Lipinski definition) is 3. The van der Waals surface area contributed by atoms with Crippen molar-refractivity contribution in [2.45, 2.75) is 19.0 Å². The molecule has 1 aromatic carbocycles. The minimum Gasteiger partial charge on any atom is -0.357 e. The maximum Gasteiger partial charge on any atom is 0.172 e. The molecule has 0 bridgehead atoms. The minimum absolute atomic E-state index is 0.229. The highest BCUT2D eigenvalue weighted by Crippen LogP contribution is 2.35. The van der Waals surface area contributed by atoms with Gasteiger partial charge in [0.15, 0.2) is 12.5 Å². The zero-order valence-corrected chi connectivity index (χ0v) is 11.4. The van der Waals surface area contributed by atoms with Crippen LogP contribution in [0.25, 0.3) is 0 Å². The van der Waals surface area contributed by atoms with Gasteiger partial charge in [-0.25, -0.2) is 0 Å². The van der Waals surface area contributed by atoms with E-state index in [4.69, 9.17) is 15.2 Å². The molecule has 0 aromatic heterocycles. The zero-order valence-electron chi connectivity index (χ0n) is 9.79. The van der Waals surface area contributed by atoms with Crippen LogP contribution < -0.4 is 16.4 Å². The van der Waals surface area contributed by atoms with Crippen molar-refractivity contribution in [3.63, 3.8) is 0 Å². The van der Waals surface area contributed by atoms with Crippen LogP contribution in [0.2, 0.25) is 0 Å². The molecule has 4 N–H and O–H groups in total. The fourth-order valence-corrected chi connectivity index (χ4v) is 2.43.